The highest BCUT2D eigenvalue weighted by Crippen LogP contribution is 2.31. The normalized spacial score (nSPS) is 12.4. The van der Waals surface area contributed by atoms with Crippen LogP contribution in [0.15, 0.2) is 46.9 Å². The average Bonchev–Trinajstić information content (AvgIpc) is 2.34. The quantitative estimate of drug-likeness (QED) is 0.871. The molecule has 0 spiro atoms. The van der Waals surface area contributed by atoms with Crippen LogP contribution in [-0.4, -0.2) is 7.05 Å². The molecule has 0 radical (unpaired) electrons. The van der Waals surface area contributed by atoms with Crippen molar-refractivity contribution in [3.8, 4) is 0 Å². The van der Waals surface area contributed by atoms with E-state index in [2.05, 4.69) is 21.2 Å². The molecule has 94 valence electrons. The highest BCUT2D eigenvalue weighted by Gasteiger charge is 2.18. The van der Waals surface area contributed by atoms with Crippen LogP contribution in [0.25, 0.3) is 0 Å². The van der Waals surface area contributed by atoms with Crippen LogP contribution in [0.1, 0.15) is 17.2 Å². The third kappa shape index (κ3) is 2.74. The first-order valence-corrected chi connectivity index (χ1v) is 6.67. The van der Waals surface area contributed by atoms with Crippen LogP contribution in [0.5, 0.6) is 0 Å². The van der Waals surface area contributed by atoms with E-state index in [4.69, 9.17) is 11.6 Å². The lowest BCUT2D eigenvalue weighted by molar-refractivity contribution is 0.575. The first-order chi connectivity index (χ1) is 8.63. The van der Waals surface area contributed by atoms with Crippen molar-refractivity contribution in [2.24, 2.45) is 0 Å². The van der Waals surface area contributed by atoms with Gasteiger partial charge in [-0.3, -0.25) is 0 Å². The van der Waals surface area contributed by atoms with Gasteiger partial charge < -0.3 is 5.32 Å². The van der Waals surface area contributed by atoms with E-state index in [0.717, 1.165) is 10.0 Å². The van der Waals surface area contributed by atoms with Gasteiger partial charge in [0, 0.05) is 15.1 Å². The van der Waals surface area contributed by atoms with Gasteiger partial charge in [0.25, 0.3) is 0 Å². The molecule has 1 unspecified atom stereocenters. The molecule has 18 heavy (non-hydrogen) atoms. The Kier molecular flexibility index (Phi) is 4.38. The lowest BCUT2D eigenvalue weighted by Crippen LogP contribution is -2.19. The summed E-state index contributed by atoms with van der Waals surface area (Å²) in [6, 6.07) is 12.0. The fraction of sp³-hybridized carbons (Fsp3) is 0.143. The van der Waals surface area contributed by atoms with Crippen molar-refractivity contribution in [3.05, 3.63) is 68.9 Å². The maximum atomic E-state index is 13.8. The second-order valence-corrected chi connectivity index (χ2v) is 5.20. The molecule has 0 fully saturated rings. The number of benzene rings is 2. The standard InChI is InChI=1S/C14H12BrClFN/c1-18-14(11-4-2-3-5-13(11)17)10-7-6-9(16)8-12(10)15/h2-8,14,18H,1H3. The number of rotatable bonds is 3. The van der Waals surface area contributed by atoms with E-state index in [9.17, 15) is 4.39 Å². The SMILES string of the molecule is CNC(c1ccccc1F)c1ccc(Cl)cc1Br. The molecule has 0 aliphatic rings. The zero-order valence-corrected chi connectivity index (χ0v) is 12.1. The summed E-state index contributed by atoms with van der Waals surface area (Å²) in [6.07, 6.45) is 0. The summed E-state index contributed by atoms with van der Waals surface area (Å²) in [5.41, 5.74) is 1.56. The summed E-state index contributed by atoms with van der Waals surface area (Å²) in [4.78, 5) is 0. The first-order valence-electron chi connectivity index (χ1n) is 5.50. The Balaban J connectivity index is 2.49. The summed E-state index contributed by atoms with van der Waals surface area (Å²) in [6.45, 7) is 0. The van der Waals surface area contributed by atoms with Crippen LogP contribution >= 0.6 is 27.5 Å². The Bertz CT molecular complexity index is 559. The zero-order valence-electron chi connectivity index (χ0n) is 9.75. The predicted molar refractivity (Wildman–Crippen MR) is 76.5 cm³/mol. The van der Waals surface area contributed by atoms with Gasteiger partial charge in [0.15, 0.2) is 0 Å². The topological polar surface area (TPSA) is 12.0 Å². The summed E-state index contributed by atoms with van der Waals surface area (Å²) in [7, 11) is 1.80. The Morgan fingerprint density at radius 3 is 2.50 bits per heavy atom. The molecule has 2 aromatic carbocycles. The van der Waals surface area contributed by atoms with Crippen LogP contribution in [0.4, 0.5) is 4.39 Å². The smallest absolute Gasteiger partial charge is 0.128 e. The Morgan fingerprint density at radius 2 is 1.89 bits per heavy atom. The molecule has 2 aromatic rings. The fourth-order valence-corrected chi connectivity index (χ4v) is 2.83. The first kappa shape index (κ1) is 13.5. The van der Waals surface area contributed by atoms with Crippen LogP contribution in [0.2, 0.25) is 5.02 Å². The van der Waals surface area contributed by atoms with E-state index in [0.29, 0.717) is 10.6 Å². The Hall–Kier alpha value is -0.900. The van der Waals surface area contributed by atoms with E-state index in [1.165, 1.54) is 6.07 Å². The molecular weight excluding hydrogens is 317 g/mol. The molecule has 1 N–H and O–H groups in total. The minimum Gasteiger partial charge on any atom is -0.309 e. The van der Waals surface area contributed by atoms with Gasteiger partial charge in [0.1, 0.15) is 5.82 Å². The Morgan fingerprint density at radius 1 is 1.17 bits per heavy atom. The largest absolute Gasteiger partial charge is 0.309 e. The maximum absolute atomic E-state index is 13.8. The van der Waals surface area contributed by atoms with Crippen molar-refractivity contribution in [2.75, 3.05) is 7.05 Å². The minimum atomic E-state index is -0.223. The summed E-state index contributed by atoms with van der Waals surface area (Å²) >= 11 is 9.38. The molecule has 0 aliphatic carbocycles. The van der Waals surface area contributed by atoms with Gasteiger partial charge in [-0.25, -0.2) is 4.39 Å². The van der Waals surface area contributed by atoms with E-state index >= 15 is 0 Å². The van der Waals surface area contributed by atoms with Crippen LogP contribution in [0, 0.1) is 5.82 Å². The average molecular weight is 329 g/mol. The highest BCUT2D eigenvalue weighted by atomic mass is 79.9. The third-order valence-corrected chi connectivity index (χ3v) is 3.70. The molecule has 0 saturated heterocycles. The molecule has 1 atom stereocenters. The molecule has 4 heteroatoms. The molecule has 0 amide bonds. The molecule has 0 aromatic heterocycles. The predicted octanol–water partition coefficient (Wildman–Crippen LogP) is 4.55. The van der Waals surface area contributed by atoms with Crippen molar-refractivity contribution in [1.29, 1.82) is 0 Å². The number of nitrogens with one attached hydrogen (secondary N) is 1. The number of hydrogen-bond donors (Lipinski definition) is 1. The van der Waals surface area contributed by atoms with Gasteiger partial charge in [-0.05, 0) is 30.8 Å². The molecule has 0 heterocycles. The lowest BCUT2D eigenvalue weighted by atomic mass is 9.98. The Labute approximate surface area is 119 Å². The van der Waals surface area contributed by atoms with Crippen LogP contribution in [0.3, 0.4) is 0 Å². The van der Waals surface area contributed by atoms with Crippen molar-refractivity contribution in [2.45, 2.75) is 6.04 Å². The minimum absolute atomic E-state index is 0.210. The van der Waals surface area contributed by atoms with E-state index in [1.807, 2.05) is 18.2 Å². The second-order valence-electron chi connectivity index (χ2n) is 3.91. The van der Waals surface area contributed by atoms with Gasteiger partial charge >= 0.3 is 0 Å². The van der Waals surface area contributed by atoms with Gasteiger partial charge in [-0.15, -0.1) is 0 Å². The third-order valence-electron chi connectivity index (χ3n) is 2.78. The highest BCUT2D eigenvalue weighted by molar-refractivity contribution is 9.10. The van der Waals surface area contributed by atoms with Crippen molar-refractivity contribution >= 4 is 27.5 Å². The van der Waals surface area contributed by atoms with Gasteiger partial charge in [0.05, 0.1) is 6.04 Å². The number of hydrogen-bond acceptors (Lipinski definition) is 1. The zero-order chi connectivity index (χ0) is 13.1. The fourth-order valence-electron chi connectivity index (χ4n) is 1.92. The second kappa shape index (κ2) is 5.83. The van der Waals surface area contributed by atoms with E-state index in [1.54, 1.807) is 25.2 Å². The molecule has 1 nitrogen and oxygen atoms in total. The van der Waals surface area contributed by atoms with Crippen LogP contribution in [-0.2, 0) is 0 Å². The molecule has 0 aliphatic heterocycles. The van der Waals surface area contributed by atoms with Crippen molar-refractivity contribution in [1.82, 2.24) is 5.32 Å². The number of halogens is 3. The van der Waals surface area contributed by atoms with Crippen molar-refractivity contribution < 1.29 is 4.39 Å². The monoisotopic (exact) mass is 327 g/mol. The lowest BCUT2D eigenvalue weighted by Gasteiger charge is -2.19. The molecule has 0 bridgehead atoms. The summed E-state index contributed by atoms with van der Waals surface area (Å²) < 4.78 is 14.7. The van der Waals surface area contributed by atoms with E-state index in [-0.39, 0.29) is 11.9 Å². The summed E-state index contributed by atoms with van der Waals surface area (Å²) in [5.74, 6) is -0.223. The van der Waals surface area contributed by atoms with Gasteiger partial charge in [0.2, 0.25) is 0 Å². The van der Waals surface area contributed by atoms with Gasteiger partial charge in [-0.2, -0.15) is 0 Å². The van der Waals surface area contributed by atoms with E-state index < -0.39 is 0 Å². The van der Waals surface area contributed by atoms with Crippen LogP contribution < -0.4 is 5.32 Å². The van der Waals surface area contributed by atoms with Gasteiger partial charge in [-0.1, -0.05) is 51.8 Å². The molecular formula is C14H12BrClFN. The maximum Gasteiger partial charge on any atom is 0.128 e. The molecule has 2 rings (SSSR count). The summed E-state index contributed by atoms with van der Waals surface area (Å²) in [5, 5.41) is 3.77. The van der Waals surface area contributed by atoms with Crippen molar-refractivity contribution in [3.63, 3.8) is 0 Å². The molecule has 0 saturated carbocycles.